The largest absolute Gasteiger partial charge is 0.397 e. The first-order valence-corrected chi connectivity index (χ1v) is 6.51. The number of hydrogen-bond acceptors (Lipinski definition) is 3. The average Bonchev–Trinajstić information content (AvgIpc) is 2.86. The number of hydrogen-bond donors (Lipinski definition) is 2. The summed E-state index contributed by atoms with van der Waals surface area (Å²) in [6.45, 7) is 0. The fourth-order valence-corrected chi connectivity index (χ4v) is 2.65. The molecule has 0 amide bonds. The standard InChI is InChI=1S/C14H10F2N2S/c15-10-2-3-11(17)14(13(10)16)18-9-1-4-12-8(7-9)5-6-19-12/h1-7,18H,17H2. The zero-order valence-electron chi connectivity index (χ0n) is 9.78. The molecule has 3 aromatic rings. The highest BCUT2D eigenvalue weighted by molar-refractivity contribution is 7.17. The van der Waals surface area contributed by atoms with Gasteiger partial charge in [-0.25, -0.2) is 8.78 Å². The minimum absolute atomic E-state index is 0.0328. The van der Waals surface area contributed by atoms with Gasteiger partial charge in [0.25, 0.3) is 0 Å². The average molecular weight is 276 g/mol. The summed E-state index contributed by atoms with van der Waals surface area (Å²) in [5.41, 5.74) is 6.47. The molecular weight excluding hydrogens is 266 g/mol. The third-order valence-electron chi connectivity index (χ3n) is 2.85. The van der Waals surface area contributed by atoms with E-state index in [0.717, 1.165) is 16.2 Å². The predicted octanol–water partition coefficient (Wildman–Crippen LogP) is 4.51. The van der Waals surface area contributed by atoms with Gasteiger partial charge in [-0.3, -0.25) is 0 Å². The molecule has 2 nitrogen and oxygen atoms in total. The Labute approximate surface area is 112 Å². The maximum atomic E-state index is 13.7. The van der Waals surface area contributed by atoms with Crippen LogP contribution in [-0.2, 0) is 0 Å². The lowest BCUT2D eigenvalue weighted by Crippen LogP contribution is -2.01. The van der Waals surface area contributed by atoms with Gasteiger partial charge in [0.2, 0.25) is 0 Å². The number of benzene rings is 2. The van der Waals surface area contributed by atoms with Gasteiger partial charge >= 0.3 is 0 Å². The van der Waals surface area contributed by atoms with E-state index < -0.39 is 11.6 Å². The lowest BCUT2D eigenvalue weighted by molar-refractivity contribution is 0.512. The molecule has 0 bridgehead atoms. The summed E-state index contributed by atoms with van der Waals surface area (Å²) in [6.07, 6.45) is 0. The zero-order chi connectivity index (χ0) is 13.4. The molecule has 0 aliphatic rings. The molecule has 1 heterocycles. The summed E-state index contributed by atoms with van der Waals surface area (Å²) < 4.78 is 28.0. The molecule has 0 fully saturated rings. The van der Waals surface area contributed by atoms with Gasteiger partial charge in [-0.1, -0.05) is 0 Å². The maximum absolute atomic E-state index is 13.7. The SMILES string of the molecule is Nc1ccc(F)c(F)c1Nc1ccc2sccc2c1. The van der Waals surface area contributed by atoms with Crippen molar-refractivity contribution in [2.45, 2.75) is 0 Å². The number of nitrogen functional groups attached to an aromatic ring is 1. The second kappa shape index (κ2) is 4.51. The van der Waals surface area contributed by atoms with Crippen LogP contribution in [0.15, 0.2) is 41.8 Å². The van der Waals surface area contributed by atoms with E-state index >= 15 is 0 Å². The Morgan fingerprint density at radius 1 is 1.05 bits per heavy atom. The van der Waals surface area contributed by atoms with Crippen molar-refractivity contribution in [1.29, 1.82) is 0 Å². The van der Waals surface area contributed by atoms with Crippen molar-refractivity contribution in [3.05, 3.63) is 53.4 Å². The highest BCUT2D eigenvalue weighted by atomic mass is 32.1. The summed E-state index contributed by atoms with van der Waals surface area (Å²) in [5.74, 6) is -1.89. The Balaban J connectivity index is 2.03. The van der Waals surface area contributed by atoms with Crippen LogP contribution in [0.5, 0.6) is 0 Å². The van der Waals surface area contributed by atoms with Gasteiger partial charge in [0.1, 0.15) is 5.69 Å². The molecule has 0 radical (unpaired) electrons. The fourth-order valence-electron chi connectivity index (χ4n) is 1.88. The minimum Gasteiger partial charge on any atom is -0.397 e. The molecule has 0 spiro atoms. The van der Waals surface area contributed by atoms with E-state index in [1.54, 1.807) is 11.3 Å². The molecule has 0 saturated carbocycles. The molecule has 3 N–H and O–H groups in total. The minimum atomic E-state index is -0.967. The van der Waals surface area contributed by atoms with Gasteiger partial charge in [-0.15, -0.1) is 11.3 Å². The first-order chi connectivity index (χ1) is 9.15. The van der Waals surface area contributed by atoms with E-state index in [2.05, 4.69) is 5.32 Å². The van der Waals surface area contributed by atoms with Gasteiger partial charge in [0.05, 0.1) is 5.69 Å². The molecule has 0 atom stereocenters. The maximum Gasteiger partial charge on any atom is 0.184 e. The van der Waals surface area contributed by atoms with Crippen LogP contribution >= 0.6 is 11.3 Å². The van der Waals surface area contributed by atoms with E-state index in [1.807, 2.05) is 29.6 Å². The molecule has 0 unspecified atom stereocenters. The van der Waals surface area contributed by atoms with Crippen molar-refractivity contribution >= 4 is 38.5 Å². The topological polar surface area (TPSA) is 38.0 Å². The Morgan fingerprint density at radius 2 is 1.89 bits per heavy atom. The van der Waals surface area contributed by atoms with Crippen molar-refractivity contribution in [2.24, 2.45) is 0 Å². The highest BCUT2D eigenvalue weighted by Gasteiger charge is 2.12. The smallest absolute Gasteiger partial charge is 0.184 e. The summed E-state index contributed by atoms with van der Waals surface area (Å²) in [7, 11) is 0. The van der Waals surface area contributed by atoms with Crippen LogP contribution in [0.4, 0.5) is 25.8 Å². The highest BCUT2D eigenvalue weighted by Crippen LogP contribution is 2.30. The van der Waals surface area contributed by atoms with Crippen LogP contribution in [0, 0.1) is 11.6 Å². The van der Waals surface area contributed by atoms with Crippen molar-refractivity contribution in [1.82, 2.24) is 0 Å². The van der Waals surface area contributed by atoms with Crippen molar-refractivity contribution in [3.63, 3.8) is 0 Å². The van der Waals surface area contributed by atoms with Crippen LogP contribution in [0.1, 0.15) is 0 Å². The molecule has 0 aliphatic heterocycles. The summed E-state index contributed by atoms with van der Waals surface area (Å²) >= 11 is 1.62. The van der Waals surface area contributed by atoms with E-state index in [-0.39, 0.29) is 11.4 Å². The van der Waals surface area contributed by atoms with Crippen molar-refractivity contribution < 1.29 is 8.78 Å². The molecule has 2 aromatic carbocycles. The molecule has 5 heteroatoms. The molecule has 0 aliphatic carbocycles. The Bertz CT molecular complexity index is 752. The second-order valence-corrected chi connectivity index (χ2v) is 5.07. The number of anilines is 3. The van der Waals surface area contributed by atoms with Crippen molar-refractivity contribution in [2.75, 3.05) is 11.1 Å². The van der Waals surface area contributed by atoms with Gasteiger partial charge in [-0.05, 0) is 47.2 Å². The summed E-state index contributed by atoms with van der Waals surface area (Å²) in [5, 5.41) is 5.85. The number of nitrogens with two attached hydrogens (primary N) is 1. The zero-order valence-corrected chi connectivity index (χ0v) is 10.6. The third-order valence-corrected chi connectivity index (χ3v) is 3.75. The first kappa shape index (κ1) is 11.9. The van der Waals surface area contributed by atoms with Crippen LogP contribution < -0.4 is 11.1 Å². The Kier molecular flexibility index (Phi) is 2.83. The van der Waals surface area contributed by atoms with E-state index in [9.17, 15) is 8.78 Å². The molecule has 0 saturated heterocycles. The number of thiophene rings is 1. The Morgan fingerprint density at radius 3 is 2.74 bits per heavy atom. The van der Waals surface area contributed by atoms with Crippen LogP contribution in [0.25, 0.3) is 10.1 Å². The lowest BCUT2D eigenvalue weighted by atomic mass is 10.2. The first-order valence-electron chi connectivity index (χ1n) is 5.63. The number of fused-ring (bicyclic) bond motifs is 1. The molecular formula is C14H10F2N2S. The van der Waals surface area contributed by atoms with Crippen molar-refractivity contribution in [3.8, 4) is 0 Å². The molecule has 96 valence electrons. The van der Waals surface area contributed by atoms with E-state index in [0.29, 0.717) is 5.69 Å². The van der Waals surface area contributed by atoms with Gasteiger partial charge in [-0.2, -0.15) is 0 Å². The molecule has 1 aromatic heterocycles. The monoisotopic (exact) mass is 276 g/mol. The van der Waals surface area contributed by atoms with Gasteiger partial charge in [0, 0.05) is 10.4 Å². The number of nitrogens with one attached hydrogen (secondary N) is 1. The lowest BCUT2D eigenvalue weighted by Gasteiger charge is -2.11. The van der Waals surface area contributed by atoms with Crippen LogP contribution in [-0.4, -0.2) is 0 Å². The summed E-state index contributed by atoms with van der Waals surface area (Å²) in [6, 6.07) is 9.92. The molecule has 3 rings (SSSR count). The third kappa shape index (κ3) is 2.13. The second-order valence-electron chi connectivity index (χ2n) is 4.12. The van der Waals surface area contributed by atoms with Gasteiger partial charge < -0.3 is 11.1 Å². The van der Waals surface area contributed by atoms with Gasteiger partial charge in [0.15, 0.2) is 11.6 Å². The number of rotatable bonds is 2. The fraction of sp³-hybridized carbons (Fsp3) is 0. The van der Waals surface area contributed by atoms with Crippen LogP contribution in [0.2, 0.25) is 0 Å². The Hall–Kier alpha value is -2.14. The van der Waals surface area contributed by atoms with E-state index in [4.69, 9.17) is 5.73 Å². The van der Waals surface area contributed by atoms with E-state index in [1.165, 1.54) is 6.07 Å². The molecule has 19 heavy (non-hydrogen) atoms. The quantitative estimate of drug-likeness (QED) is 0.676. The number of halogens is 2. The normalized spacial score (nSPS) is 10.8. The predicted molar refractivity (Wildman–Crippen MR) is 75.9 cm³/mol. The summed E-state index contributed by atoms with van der Waals surface area (Å²) in [4.78, 5) is 0. The van der Waals surface area contributed by atoms with Crippen LogP contribution in [0.3, 0.4) is 0 Å².